The van der Waals surface area contributed by atoms with Gasteiger partial charge in [0.25, 0.3) is 0 Å². The number of aryl methyl sites for hydroxylation is 2. The molecule has 0 spiro atoms. The van der Waals surface area contributed by atoms with Crippen molar-refractivity contribution in [2.75, 3.05) is 5.32 Å². The van der Waals surface area contributed by atoms with Crippen molar-refractivity contribution in [1.29, 1.82) is 0 Å². The Kier molecular flexibility index (Phi) is 4.90. The summed E-state index contributed by atoms with van der Waals surface area (Å²) >= 11 is 1.42. The lowest BCUT2D eigenvalue weighted by Crippen LogP contribution is -2.07. The Bertz CT molecular complexity index is 642. The number of thiazole rings is 1. The van der Waals surface area contributed by atoms with Gasteiger partial charge in [-0.25, -0.2) is 9.37 Å². The van der Waals surface area contributed by atoms with Crippen LogP contribution >= 0.6 is 11.3 Å². The number of nitrogens with zero attached hydrogens (tertiary/aromatic N) is 1. The molecule has 1 atom stereocenters. The van der Waals surface area contributed by atoms with Gasteiger partial charge in [-0.2, -0.15) is 0 Å². The Balaban J connectivity index is 2.00. The molecule has 0 radical (unpaired) electrons. The lowest BCUT2D eigenvalue weighted by atomic mass is 10.1. The van der Waals surface area contributed by atoms with Gasteiger partial charge in [0.05, 0.1) is 18.2 Å². The molecule has 0 aliphatic carbocycles. The van der Waals surface area contributed by atoms with Crippen LogP contribution in [-0.4, -0.2) is 16.1 Å². The van der Waals surface area contributed by atoms with Gasteiger partial charge in [0.2, 0.25) is 0 Å². The van der Waals surface area contributed by atoms with Crippen molar-refractivity contribution in [2.24, 2.45) is 0 Å². The van der Waals surface area contributed by atoms with Crippen molar-refractivity contribution in [3.63, 3.8) is 0 Å². The molecule has 0 fully saturated rings. The van der Waals surface area contributed by atoms with Crippen LogP contribution in [0.1, 0.15) is 36.2 Å². The average Bonchev–Trinajstić information content (AvgIpc) is 2.87. The first-order chi connectivity index (χ1) is 9.95. The first kappa shape index (κ1) is 15.4. The van der Waals surface area contributed by atoms with Crippen LogP contribution < -0.4 is 5.32 Å². The van der Waals surface area contributed by atoms with Crippen molar-refractivity contribution < 1.29 is 14.3 Å². The van der Waals surface area contributed by atoms with Crippen LogP contribution in [0.3, 0.4) is 0 Å². The second kappa shape index (κ2) is 6.67. The summed E-state index contributed by atoms with van der Waals surface area (Å²) in [4.78, 5) is 14.9. The summed E-state index contributed by atoms with van der Waals surface area (Å²) in [6, 6.07) is 5.09. The maximum Gasteiger partial charge on any atom is 0.303 e. The summed E-state index contributed by atoms with van der Waals surface area (Å²) in [5, 5.41) is 14.4. The summed E-state index contributed by atoms with van der Waals surface area (Å²) in [7, 11) is 0. The van der Waals surface area contributed by atoms with Gasteiger partial charge in [-0.3, -0.25) is 4.79 Å². The van der Waals surface area contributed by atoms with E-state index in [1.165, 1.54) is 17.4 Å². The lowest BCUT2D eigenvalue weighted by Gasteiger charge is -2.13. The van der Waals surface area contributed by atoms with Gasteiger partial charge in [-0.1, -0.05) is 12.1 Å². The number of aromatic nitrogens is 1. The molecule has 0 aliphatic rings. The smallest absolute Gasteiger partial charge is 0.303 e. The number of halogens is 1. The average molecular weight is 308 g/mol. The SMILES string of the molecule is Cc1ccc(C(C)Nc2nc(CCC(=O)O)cs2)cc1F. The number of carboxylic acid groups (broad SMARTS) is 1. The summed E-state index contributed by atoms with van der Waals surface area (Å²) in [6.07, 6.45) is 0.489. The van der Waals surface area contributed by atoms with Crippen molar-refractivity contribution >= 4 is 22.4 Å². The molecule has 21 heavy (non-hydrogen) atoms. The van der Waals surface area contributed by atoms with E-state index in [4.69, 9.17) is 5.11 Å². The van der Waals surface area contributed by atoms with E-state index < -0.39 is 5.97 Å². The van der Waals surface area contributed by atoms with E-state index >= 15 is 0 Å². The number of anilines is 1. The molecule has 0 saturated carbocycles. The molecular weight excluding hydrogens is 291 g/mol. The first-order valence-corrected chi connectivity index (χ1v) is 7.52. The molecule has 1 heterocycles. The maximum absolute atomic E-state index is 13.6. The molecule has 0 saturated heterocycles. The van der Waals surface area contributed by atoms with Crippen LogP contribution in [0.2, 0.25) is 0 Å². The van der Waals surface area contributed by atoms with E-state index in [2.05, 4.69) is 10.3 Å². The topological polar surface area (TPSA) is 62.2 Å². The second-order valence-corrected chi connectivity index (χ2v) is 5.77. The molecule has 2 N–H and O–H groups in total. The molecule has 0 bridgehead atoms. The van der Waals surface area contributed by atoms with Crippen molar-refractivity contribution in [3.8, 4) is 0 Å². The molecule has 0 aliphatic heterocycles. The zero-order chi connectivity index (χ0) is 15.4. The molecular formula is C15H17FN2O2S. The zero-order valence-electron chi connectivity index (χ0n) is 11.9. The minimum Gasteiger partial charge on any atom is -0.481 e. The molecule has 112 valence electrons. The number of aliphatic carboxylic acids is 1. The predicted molar refractivity (Wildman–Crippen MR) is 81.2 cm³/mol. The number of hydrogen-bond donors (Lipinski definition) is 2. The fourth-order valence-corrected chi connectivity index (χ4v) is 2.70. The van der Waals surface area contributed by atoms with Gasteiger partial charge in [-0.15, -0.1) is 11.3 Å². The summed E-state index contributed by atoms with van der Waals surface area (Å²) in [6.45, 7) is 3.66. The quantitative estimate of drug-likeness (QED) is 0.852. The molecule has 1 aromatic carbocycles. The van der Waals surface area contributed by atoms with Crippen LogP contribution in [0, 0.1) is 12.7 Å². The predicted octanol–water partition coefficient (Wildman–Crippen LogP) is 3.78. The highest BCUT2D eigenvalue weighted by Crippen LogP contribution is 2.24. The van der Waals surface area contributed by atoms with Gasteiger partial charge >= 0.3 is 5.97 Å². The van der Waals surface area contributed by atoms with Crippen molar-refractivity contribution in [3.05, 3.63) is 46.2 Å². The molecule has 4 nitrogen and oxygen atoms in total. The Hall–Kier alpha value is -1.95. The molecule has 6 heteroatoms. The van der Waals surface area contributed by atoms with Crippen LogP contribution in [-0.2, 0) is 11.2 Å². The summed E-state index contributed by atoms with van der Waals surface area (Å²) in [5.41, 5.74) is 2.23. The highest BCUT2D eigenvalue weighted by atomic mass is 32.1. The third kappa shape index (κ3) is 4.26. The maximum atomic E-state index is 13.6. The van der Waals surface area contributed by atoms with E-state index in [1.54, 1.807) is 13.0 Å². The Labute approximate surface area is 126 Å². The Morgan fingerprint density at radius 1 is 1.52 bits per heavy atom. The van der Waals surface area contributed by atoms with Crippen molar-refractivity contribution in [1.82, 2.24) is 4.98 Å². The van der Waals surface area contributed by atoms with Gasteiger partial charge in [-0.05, 0) is 31.0 Å². The van der Waals surface area contributed by atoms with E-state index in [1.807, 2.05) is 18.4 Å². The number of benzene rings is 1. The molecule has 0 amide bonds. The standard InChI is InChI=1S/C15H17FN2O2S/c1-9-3-4-11(7-13(9)16)10(2)17-15-18-12(8-21-15)5-6-14(19)20/h3-4,7-8,10H,5-6H2,1-2H3,(H,17,18)(H,19,20). The summed E-state index contributed by atoms with van der Waals surface area (Å²) in [5.74, 6) is -1.05. The normalized spacial score (nSPS) is 12.1. The summed E-state index contributed by atoms with van der Waals surface area (Å²) < 4.78 is 13.6. The molecule has 2 aromatic rings. The Morgan fingerprint density at radius 2 is 2.29 bits per heavy atom. The van der Waals surface area contributed by atoms with E-state index in [9.17, 15) is 9.18 Å². The van der Waals surface area contributed by atoms with Gasteiger partial charge in [0, 0.05) is 11.8 Å². The molecule has 1 unspecified atom stereocenters. The monoisotopic (exact) mass is 308 g/mol. The third-order valence-corrected chi connectivity index (χ3v) is 4.00. The first-order valence-electron chi connectivity index (χ1n) is 6.64. The van der Waals surface area contributed by atoms with Crippen LogP contribution in [0.25, 0.3) is 0 Å². The van der Waals surface area contributed by atoms with Gasteiger partial charge in [0.1, 0.15) is 5.82 Å². The van der Waals surface area contributed by atoms with Gasteiger partial charge in [0.15, 0.2) is 5.13 Å². The minimum absolute atomic E-state index is 0.0708. The number of carboxylic acids is 1. The minimum atomic E-state index is -0.832. The number of rotatable bonds is 6. The molecule has 1 aromatic heterocycles. The Morgan fingerprint density at radius 3 is 2.95 bits per heavy atom. The van der Waals surface area contributed by atoms with E-state index in [-0.39, 0.29) is 18.3 Å². The lowest BCUT2D eigenvalue weighted by molar-refractivity contribution is -0.136. The van der Waals surface area contributed by atoms with E-state index in [0.717, 1.165) is 11.3 Å². The van der Waals surface area contributed by atoms with Crippen LogP contribution in [0.4, 0.5) is 9.52 Å². The fraction of sp³-hybridized carbons (Fsp3) is 0.333. The number of nitrogens with one attached hydrogen (secondary N) is 1. The highest BCUT2D eigenvalue weighted by Gasteiger charge is 2.10. The zero-order valence-corrected chi connectivity index (χ0v) is 12.7. The third-order valence-electron chi connectivity index (χ3n) is 3.18. The fourth-order valence-electron chi connectivity index (χ4n) is 1.87. The number of hydrogen-bond acceptors (Lipinski definition) is 4. The van der Waals surface area contributed by atoms with Crippen molar-refractivity contribution in [2.45, 2.75) is 32.7 Å². The van der Waals surface area contributed by atoms with Crippen LogP contribution in [0.5, 0.6) is 0 Å². The van der Waals surface area contributed by atoms with E-state index in [0.29, 0.717) is 17.1 Å². The highest BCUT2D eigenvalue weighted by molar-refractivity contribution is 7.13. The number of carbonyl (C=O) groups is 1. The molecule has 2 rings (SSSR count). The largest absolute Gasteiger partial charge is 0.481 e. The van der Waals surface area contributed by atoms with Gasteiger partial charge < -0.3 is 10.4 Å². The van der Waals surface area contributed by atoms with Crippen LogP contribution in [0.15, 0.2) is 23.6 Å². The second-order valence-electron chi connectivity index (χ2n) is 4.91.